The molecule has 0 saturated heterocycles. The zero-order valence-electron chi connectivity index (χ0n) is 16.1. The zero-order chi connectivity index (χ0) is 18.4. The van der Waals surface area contributed by atoms with E-state index in [1.165, 1.54) is 27.7 Å². The van der Waals surface area contributed by atoms with Crippen LogP contribution in [0.4, 0.5) is 4.39 Å². The predicted molar refractivity (Wildman–Crippen MR) is 106 cm³/mol. The van der Waals surface area contributed by atoms with Crippen LogP contribution in [0.5, 0.6) is 0 Å². The molecule has 2 atom stereocenters. The van der Waals surface area contributed by atoms with Crippen molar-refractivity contribution < 1.29 is 4.39 Å². The largest absolute Gasteiger partial charge is 0.344 e. The lowest BCUT2D eigenvalue weighted by atomic mass is 9.93. The lowest BCUT2D eigenvalue weighted by Crippen LogP contribution is -2.38. The molecule has 0 aliphatic carbocycles. The van der Waals surface area contributed by atoms with E-state index in [-0.39, 0.29) is 5.82 Å². The fourth-order valence-electron chi connectivity index (χ4n) is 4.43. The van der Waals surface area contributed by atoms with Crippen molar-refractivity contribution in [1.29, 1.82) is 0 Å². The van der Waals surface area contributed by atoms with Crippen molar-refractivity contribution in [3.63, 3.8) is 0 Å². The smallest absolute Gasteiger partial charge is 0.126 e. The van der Waals surface area contributed by atoms with Gasteiger partial charge in [-0.1, -0.05) is 29.8 Å². The van der Waals surface area contributed by atoms with Crippen LogP contribution >= 0.6 is 0 Å². The van der Waals surface area contributed by atoms with E-state index in [2.05, 4.69) is 55.5 Å². The number of halogens is 1. The molecule has 3 aromatic rings. The number of hydrogen-bond acceptors (Lipinski definition) is 1. The van der Waals surface area contributed by atoms with Crippen LogP contribution in [0.1, 0.15) is 42.3 Å². The summed E-state index contributed by atoms with van der Waals surface area (Å²) in [6, 6.07) is 14.8. The molecule has 0 N–H and O–H groups in total. The first kappa shape index (κ1) is 17.3. The van der Waals surface area contributed by atoms with E-state index in [1.807, 2.05) is 12.1 Å². The number of hydrogen-bond donors (Lipinski definition) is 0. The van der Waals surface area contributed by atoms with Gasteiger partial charge < -0.3 is 4.57 Å². The maximum absolute atomic E-state index is 14.1. The SMILES string of the molecule is Cc1ccc2c(c1)c1c(n2CCc2ccccc2F)CC(C)N(C)C1C. The van der Waals surface area contributed by atoms with Crippen molar-refractivity contribution in [3.8, 4) is 0 Å². The standard InChI is InChI=1S/C23H27FN2/c1-15-9-10-21-19(13-15)23-17(3)25(4)16(2)14-22(23)26(21)12-11-18-7-5-6-8-20(18)24/h5-10,13,16-17H,11-12,14H2,1-4H3. The summed E-state index contributed by atoms with van der Waals surface area (Å²) in [5.74, 6) is -0.102. The molecule has 0 amide bonds. The van der Waals surface area contributed by atoms with Gasteiger partial charge in [0.1, 0.15) is 5.82 Å². The van der Waals surface area contributed by atoms with Gasteiger partial charge in [0, 0.05) is 41.6 Å². The van der Waals surface area contributed by atoms with Gasteiger partial charge in [-0.2, -0.15) is 0 Å². The summed E-state index contributed by atoms with van der Waals surface area (Å²) < 4.78 is 16.5. The summed E-state index contributed by atoms with van der Waals surface area (Å²) in [6.07, 6.45) is 1.76. The fraction of sp³-hybridized carbons (Fsp3) is 0.391. The van der Waals surface area contributed by atoms with E-state index in [1.54, 1.807) is 12.1 Å². The Hall–Kier alpha value is -2.13. The minimum Gasteiger partial charge on any atom is -0.344 e. The number of aromatic nitrogens is 1. The summed E-state index contributed by atoms with van der Waals surface area (Å²) in [4.78, 5) is 2.46. The average molecular weight is 350 g/mol. The van der Waals surface area contributed by atoms with Gasteiger partial charge in [-0.25, -0.2) is 4.39 Å². The third-order valence-corrected chi connectivity index (χ3v) is 6.15. The molecule has 26 heavy (non-hydrogen) atoms. The molecule has 0 bridgehead atoms. The monoisotopic (exact) mass is 350 g/mol. The van der Waals surface area contributed by atoms with Crippen LogP contribution in [0, 0.1) is 12.7 Å². The Kier molecular flexibility index (Phi) is 4.36. The van der Waals surface area contributed by atoms with E-state index >= 15 is 0 Å². The van der Waals surface area contributed by atoms with Crippen LogP contribution in [-0.2, 0) is 19.4 Å². The number of aryl methyl sites for hydroxylation is 3. The maximum atomic E-state index is 14.1. The summed E-state index contributed by atoms with van der Waals surface area (Å²) in [7, 11) is 2.22. The Bertz CT molecular complexity index is 956. The first-order chi connectivity index (χ1) is 12.5. The van der Waals surface area contributed by atoms with Crippen molar-refractivity contribution in [3.05, 3.63) is 70.7 Å². The van der Waals surface area contributed by atoms with Gasteiger partial charge in [0.15, 0.2) is 0 Å². The van der Waals surface area contributed by atoms with E-state index in [0.29, 0.717) is 12.1 Å². The van der Waals surface area contributed by atoms with Crippen molar-refractivity contribution in [1.82, 2.24) is 9.47 Å². The molecular weight excluding hydrogens is 323 g/mol. The van der Waals surface area contributed by atoms with Crippen molar-refractivity contribution in [2.24, 2.45) is 0 Å². The maximum Gasteiger partial charge on any atom is 0.126 e. The summed E-state index contributed by atoms with van der Waals surface area (Å²) in [5.41, 5.74) is 6.26. The Morgan fingerprint density at radius 2 is 1.88 bits per heavy atom. The molecule has 0 spiro atoms. The van der Waals surface area contributed by atoms with Gasteiger partial charge in [0.25, 0.3) is 0 Å². The molecule has 136 valence electrons. The highest BCUT2D eigenvalue weighted by atomic mass is 19.1. The molecule has 3 heteroatoms. The molecule has 0 saturated carbocycles. The molecular formula is C23H27FN2. The highest BCUT2D eigenvalue weighted by molar-refractivity contribution is 5.87. The molecule has 1 aliphatic heterocycles. The number of likely N-dealkylation sites (N-methyl/N-ethyl adjacent to an activating group) is 1. The number of nitrogens with zero attached hydrogens (tertiary/aromatic N) is 2. The molecule has 2 nitrogen and oxygen atoms in total. The van der Waals surface area contributed by atoms with Gasteiger partial charge >= 0.3 is 0 Å². The Morgan fingerprint density at radius 1 is 1.12 bits per heavy atom. The van der Waals surface area contributed by atoms with Crippen LogP contribution in [0.3, 0.4) is 0 Å². The van der Waals surface area contributed by atoms with Crippen molar-refractivity contribution in [2.45, 2.75) is 52.2 Å². The first-order valence-corrected chi connectivity index (χ1v) is 9.54. The average Bonchev–Trinajstić information content (AvgIpc) is 2.91. The van der Waals surface area contributed by atoms with E-state index < -0.39 is 0 Å². The van der Waals surface area contributed by atoms with Gasteiger partial charge in [0.05, 0.1) is 0 Å². The van der Waals surface area contributed by atoms with E-state index in [4.69, 9.17) is 0 Å². The molecule has 1 aromatic heterocycles. The van der Waals surface area contributed by atoms with Crippen LogP contribution in [0.2, 0.25) is 0 Å². The highest BCUT2D eigenvalue weighted by Crippen LogP contribution is 2.39. The molecule has 0 fully saturated rings. The van der Waals surface area contributed by atoms with Crippen LogP contribution in [0.15, 0.2) is 42.5 Å². The third-order valence-electron chi connectivity index (χ3n) is 6.15. The first-order valence-electron chi connectivity index (χ1n) is 9.54. The number of fused-ring (bicyclic) bond motifs is 3. The normalized spacial score (nSPS) is 20.5. The predicted octanol–water partition coefficient (Wildman–Crippen LogP) is 5.27. The Labute approximate surface area is 155 Å². The van der Waals surface area contributed by atoms with Gasteiger partial charge in [-0.3, -0.25) is 4.90 Å². The molecule has 2 aromatic carbocycles. The molecule has 1 aliphatic rings. The van der Waals surface area contributed by atoms with Gasteiger partial charge in [-0.05, 0) is 63.6 Å². The van der Waals surface area contributed by atoms with Crippen LogP contribution < -0.4 is 0 Å². The molecule has 0 radical (unpaired) electrons. The Morgan fingerprint density at radius 3 is 2.65 bits per heavy atom. The number of rotatable bonds is 3. The van der Waals surface area contributed by atoms with Gasteiger partial charge in [0.2, 0.25) is 0 Å². The number of benzene rings is 2. The van der Waals surface area contributed by atoms with Crippen LogP contribution in [0.25, 0.3) is 10.9 Å². The summed E-state index contributed by atoms with van der Waals surface area (Å²) in [6.45, 7) is 7.57. The zero-order valence-corrected chi connectivity index (χ0v) is 16.1. The Balaban J connectivity index is 1.82. The second-order valence-corrected chi connectivity index (χ2v) is 7.77. The lowest BCUT2D eigenvalue weighted by molar-refractivity contribution is 0.177. The fourth-order valence-corrected chi connectivity index (χ4v) is 4.43. The topological polar surface area (TPSA) is 8.17 Å². The highest BCUT2D eigenvalue weighted by Gasteiger charge is 2.31. The molecule has 2 heterocycles. The summed E-state index contributed by atoms with van der Waals surface area (Å²) >= 11 is 0. The second-order valence-electron chi connectivity index (χ2n) is 7.77. The second kappa shape index (κ2) is 6.55. The van der Waals surface area contributed by atoms with Crippen molar-refractivity contribution in [2.75, 3.05) is 7.05 Å². The van der Waals surface area contributed by atoms with E-state index in [0.717, 1.165) is 24.9 Å². The lowest BCUT2D eigenvalue weighted by Gasteiger charge is -2.37. The summed E-state index contributed by atoms with van der Waals surface area (Å²) in [5, 5.41) is 1.36. The van der Waals surface area contributed by atoms with Crippen molar-refractivity contribution >= 4 is 10.9 Å². The van der Waals surface area contributed by atoms with Crippen LogP contribution in [-0.4, -0.2) is 22.6 Å². The molecule has 2 unspecified atom stereocenters. The van der Waals surface area contributed by atoms with E-state index in [9.17, 15) is 4.39 Å². The molecule has 4 rings (SSSR count). The minimum atomic E-state index is -0.102. The quantitative estimate of drug-likeness (QED) is 0.625. The van der Waals surface area contributed by atoms with Gasteiger partial charge in [-0.15, -0.1) is 0 Å². The minimum absolute atomic E-state index is 0.102. The third kappa shape index (κ3) is 2.75.